The molecule has 0 aliphatic rings. The molecule has 0 radical (unpaired) electrons. The maximum Gasteiger partial charge on any atom is 0.307 e. The minimum Gasteiger partial charge on any atom is -0.459 e. The Morgan fingerprint density at radius 2 is 1.93 bits per heavy atom. The number of hydrogen-bond acceptors (Lipinski definition) is 3. The summed E-state index contributed by atoms with van der Waals surface area (Å²) in [4.78, 5) is 11.9. The van der Waals surface area contributed by atoms with Gasteiger partial charge in [-0.15, -0.1) is 0 Å². The van der Waals surface area contributed by atoms with Crippen LogP contribution in [0.3, 0.4) is 0 Å². The van der Waals surface area contributed by atoms with Crippen LogP contribution >= 0.6 is 0 Å². The molecule has 4 aromatic rings. The van der Waals surface area contributed by atoms with Crippen molar-refractivity contribution >= 4 is 23.0 Å². The Balaban J connectivity index is 1.58. The number of benzene rings is 2. The summed E-state index contributed by atoms with van der Waals surface area (Å²) in [6, 6.07) is 19.9. The van der Waals surface area contributed by atoms with Gasteiger partial charge in [0.1, 0.15) is 0 Å². The average Bonchev–Trinajstić information content (AvgIpc) is 3.33. The Morgan fingerprint density at radius 3 is 2.70 bits per heavy atom. The highest BCUT2D eigenvalue weighted by molar-refractivity contribution is 6.00. The molecule has 0 fully saturated rings. The van der Waals surface area contributed by atoms with Gasteiger partial charge in [0.05, 0.1) is 12.5 Å². The summed E-state index contributed by atoms with van der Waals surface area (Å²) in [6.45, 7) is 2.85. The maximum atomic E-state index is 11.9. The summed E-state index contributed by atoms with van der Waals surface area (Å²) >= 11 is 0. The summed E-state index contributed by atoms with van der Waals surface area (Å²) in [5.74, 6) is -0.145. The minimum atomic E-state index is -0.375. The van der Waals surface area contributed by atoms with E-state index in [-0.39, 0.29) is 11.7 Å². The van der Waals surface area contributed by atoms with Crippen LogP contribution in [0.4, 0.5) is 0 Å². The van der Waals surface area contributed by atoms with Crippen LogP contribution in [0.5, 0.6) is 0 Å². The Bertz CT molecular complexity index is 1090. The van der Waals surface area contributed by atoms with Gasteiger partial charge in [-0.2, -0.15) is 5.10 Å². The Kier molecular flexibility index (Phi) is 4.58. The van der Waals surface area contributed by atoms with Gasteiger partial charge in [-0.05, 0) is 30.7 Å². The second kappa shape index (κ2) is 7.33. The summed E-state index contributed by atoms with van der Waals surface area (Å²) in [7, 11) is 0. The molecule has 27 heavy (non-hydrogen) atoms. The number of para-hydroxylation sites is 1. The number of nitrogens with one attached hydrogen (secondary N) is 1. The zero-order chi connectivity index (χ0) is 18.6. The van der Waals surface area contributed by atoms with Crippen molar-refractivity contribution in [1.82, 2.24) is 9.99 Å². The Hall–Kier alpha value is -3.60. The van der Waals surface area contributed by atoms with E-state index >= 15 is 0 Å². The van der Waals surface area contributed by atoms with E-state index in [0.29, 0.717) is 0 Å². The van der Waals surface area contributed by atoms with Crippen LogP contribution in [-0.2, 0) is 6.54 Å². The summed E-state index contributed by atoms with van der Waals surface area (Å²) < 4.78 is 7.25. The van der Waals surface area contributed by atoms with Crippen molar-refractivity contribution in [2.75, 3.05) is 0 Å². The van der Waals surface area contributed by atoms with Gasteiger partial charge in [-0.1, -0.05) is 48.0 Å². The molecular formula is C22H19N3O2. The zero-order valence-corrected chi connectivity index (χ0v) is 14.9. The van der Waals surface area contributed by atoms with Gasteiger partial charge in [-0.25, -0.2) is 5.43 Å². The van der Waals surface area contributed by atoms with Gasteiger partial charge in [-0.3, -0.25) is 4.79 Å². The van der Waals surface area contributed by atoms with Crippen molar-refractivity contribution in [3.05, 3.63) is 95.6 Å². The molecule has 5 heteroatoms. The highest BCUT2D eigenvalue weighted by atomic mass is 16.3. The molecule has 0 saturated heterocycles. The molecule has 2 aromatic heterocycles. The first-order chi connectivity index (χ1) is 13.2. The fraction of sp³-hybridized carbons (Fsp3) is 0.0909. The summed E-state index contributed by atoms with van der Waals surface area (Å²) in [5.41, 5.74) is 7.03. The molecule has 2 heterocycles. The number of amides is 1. The Morgan fingerprint density at radius 1 is 1.11 bits per heavy atom. The zero-order valence-electron chi connectivity index (χ0n) is 14.9. The molecule has 134 valence electrons. The number of hydrazone groups is 1. The van der Waals surface area contributed by atoms with Crippen molar-refractivity contribution < 1.29 is 9.21 Å². The van der Waals surface area contributed by atoms with Crippen LogP contribution in [0.1, 0.15) is 27.2 Å². The fourth-order valence-corrected chi connectivity index (χ4v) is 3.02. The number of aromatic nitrogens is 1. The van der Waals surface area contributed by atoms with E-state index in [4.69, 9.17) is 4.42 Å². The number of carbonyl (C=O) groups excluding carboxylic acids is 1. The smallest absolute Gasteiger partial charge is 0.307 e. The SMILES string of the molecule is Cc1ccc(Cn2cc(/C=N\NC(=O)c3ccco3)c3ccccc32)cc1. The van der Waals surface area contributed by atoms with E-state index in [1.54, 1.807) is 18.3 Å². The van der Waals surface area contributed by atoms with Crippen LogP contribution in [-0.4, -0.2) is 16.7 Å². The molecule has 2 aromatic carbocycles. The third kappa shape index (κ3) is 3.67. The van der Waals surface area contributed by atoms with Gasteiger partial charge in [0, 0.05) is 29.2 Å². The van der Waals surface area contributed by atoms with Gasteiger partial charge >= 0.3 is 5.91 Å². The molecule has 0 unspecified atom stereocenters. The van der Waals surface area contributed by atoms with Crippen LogP contribution in [0.15, 0.2) is 82.6 Å². The van der Waals surface area contributed by atoms with Crippen molar-refractivity contribution in [1.29, 1.82) is 0 Å². The highest BCUT2D eigenvalue weighted by Gasteiger charge is 2.09. The van der Waals surface area contributed by atoms with Crippen LogP contribution in [0.2, 0.25) is 0 Å². The number of furan rings is 1. The normalized spacial score (nSPS) is 11.3. The van der Waals surface area contributed by atoms with Gasteiger partial charge in [0.2, 0.25) is 0 Å². The monoisotopic (exact) mass is 357 g/mol. The molecule has 5 nitrogen and oxygen atoms in total. The lowest BCUT2D eigenvalue weighted by Crippen LogP contribution is -2.16. The molecule has 0 saturated carbocycles. The molecule has 0 spiro atoms. The standard InChI is InChI=1S/C22H19N3O2/c1-16-8-10-17(11-9-16)14-25-15-18(19-5-2-3-6-20(19)25)13-23-24-22(26)21-7-4-12-27-21/h2-13,15H,14H2,1H3,(H,24,26)/b23-13-. The summed E-state index contributed by atoms with van der Waals surface area (Å²) in [5, 5.41) is 5.17. The topological polar surface area (TPSA) is 59.5 Å². The molecule has 1 N–H and O–H groups in total. The first-order valence-corrected chi connectivity index (χ1v) is 8.71. The van der Waals surface area contributed by atoms with E-state index in [1.807, 2.05) is 18.3 Å². The lowest BCUT2D eigenvalue weighted by molar-refractivity contribution is 0.0927. The predicted octanol–water partition coefficient (Wildman–Crippen LogP) is 4.35. The highest BCUT2D eigenvalue weighted by Crippen LogP contribution is 2.21. The second-order valence-electron chi connectivity index (χ2n) is 6.39. The van der Waals surface area contributed by atoms with Crippen molar-refractivity contribution in [3.63, 3.8) is 0 Å². The number of nitrogens with zero attached hydrogens (tertiary/aromatic N) is 2. The predicted molar refractivity (Wildman–Crippen MR) is 106 cm³/mol. The lowest BCUT2D eigenvalue weighted by atomic mass is 10.1. The molecule has 0 bridgehead atoms. The third-order valence-corrected chi connectivity index (χ3v) is 4.41. The first-order valence-electron chi connectivity index (χ1n) is 8.71. The van der Waals surface area contributed by atoms with Crippen LogP contribution in [0, 0.1) is 6.92 Å². The molecular weight excluding hydrogens is 338 g/mol. The number of fused-ring (bicyclic) bond motifs is 1. The van der Waals surface area contributed by atoms with E-state index in [2.05, 4.69) is 58.4 Å². The van der Waals surface area contributed by atoms with Crippen molar-refractivity contribution in [2.24, 2.45) is 5.10 Å². The number of rotatable bonds is 5. The maximum absolute atomic E-state index is 11.9. The molecule has 0 aliphatic carbocycles. The number of aryl methyl sites for hydroxylation is 1. The van der Waals surface area contributed by atoms with Crippen molar-refractivity contribution in [3.8, 4) is 0 Å². The van der Waals surface area contributed by atoms with Crippen LogP contribution in [0.25, 0.3) is 10.9 Å². The third-order valence-electron chi connectivity index (χ3n) is 4.41. The van der Waals surface area contributed by atoms with Crippen LogP contribution < -0.4 is 5.43 Å². The largest absolute Gasteiger partial charge is 0.459 e. The average molecular weight is 357 g/mol. The number of hydrogen-bond donors (Lipinski definition) is 1. The van der Waals surface area contributed by atoms with E-state index in [0.717, 1.165) is 23.0 Å². The second-order valence-corrected chi connectivity index (χ2v) is 6.39. The quantitative estimate of drug-likeness (QED) is 0.426. The van der Waals surface area contributed by atoms with Gasteiger partial charge in [0.25, 0.3) is 0 Å². The van der Waals surface area contributed by atoms with E-state index in [9.17, 15) is 4.79 Å². The first kappa shape index (κ1) is 16.8. The van der Waals surface area contributed by atoms with Gasteiger partial charge in [0.15, 0.2) is 5.76 Å². The molecule has 0 atom stereocenters. The van der Waals surface area contributed by atoms with E-state index in [1.165, 1.54) is 17.4 Å². The molecule has 4 rings (SSSR count). The molecule has 1 amide bonds. The van der Waals surface area contributed by atoms with E-state index < -0.39 is 0 Å². The minimum absolute atomic E-state index is 0.231. The fourth-order valence-electron chi connectivity index (χ4n) is 3.02. The number of carbonyl (C=O) groups is 1. The van der Waals surface area contributed by atoms with Crippen molar-refractivity contribution in [2.45, 2.75) is 13.5 Å². The summed E-state index contributed by atoms with van der Waals surface area (Å²) in [6.07, 6.45) is 5.17. The lowest BCUT2D eigenvalue weighted by Gasteiger charge is -2.06. The molecule has 0 aliphatic heterocycles. The van der Waals surface area contributed by atoms with Gasteiger partial charge < -0.3 is 8.98 Å². The Labute approximate surface area is 156 Å².